The van der Waals surface area contributed by atoms with Crippen molar-refractivity contribution in [1.29, 1.82) is 0 Å². The zero-order chi connectivity index (χ0) is 15.2. The van der Waals surface area contributed by atoms with Crippen molar-refractivity contribution in [2.45, 2.75) is 19.9 Å². The Bertz CT molecular complexity index is 606. The molecule has 114 valence electrons. The number of hydrogen-bond donors (Lipinski definition) is 1. The number of nitrogens with one attached hydrogen (secondary N) is 1. The van der Waals surface area contributed by atoms with Crippen LogP contribution in [0.2, 0.25) is 4.34 Å². The number of nitrogens with zero attached hydrogens (tertiary/aromatic N) is 3. The molecule has 0 saturated carbocycles. The van der Waals surface area contributed by atoms with E-state index in [1.807, 2.05) is 20.0 Å². The topological polar surface area (TPSA) is 40.5 Å². The van der Waals surface area contributed by atoms with Crippen LogP contribution in [-0.2, 0) is 13.0 Å². The van der Waals surface area contributed by atoms with E-state index in [1.165, 1.54) is 4.88 Å². The Morgan fingerprint density at radius 3 is 2.86 bits per heavy atom. The summed E-state index contributed by atoms with van der Waals surface area (Å²) in [5.74, 6) is 0.878. The van der Waals surface area contributed by atoms with Crippen molar-refractivity contribution in [3.8, 4) is 0 Å². The first-order valence-electron chi connectivity index (χ1n) is 6.65. The average molecular weight is 343 g/mol. The predicted molar refractivity (Wildman–Crippen MR) is 92.7 cm³/mol. The fourth-order valence-corrected chi connectivity index (χ4v) is 3.66. The van der Waals surface area contributed by atoms with Crippen LogP contribution in [-0.4, -0.2) is 36.5 Å². The van der Waals surface area contributed by atoms with Crippen molar-refractivity contribution >= 4 is 40.2 Å². The monoisotopic (exact) mass is 342 g/mol. The van der Waals surface area contributed by atoms with Gasteiger partial charge < -0.3 is 10.2 Å². The van der Waals surface area contributed by atoms with Gasteiger partial charge in [-0.25, -0.2) is 4.98 Å². The van der Waals surface area contributed by atoms with Gasteiger partial charge in [0, 0.05) is 30.9 Å². The van der Waals surface area contributed by atoms with Gasteiger partial charge in [0.05, 0.1) is 21.6 Å². The molecule has 2 rings (SSSR count). The van der Waals surface area contributed by atoms with Crippen molar-refractivity contribution < 1.29 is 0 Å². The van der Waals surface area contributed by atoms with Gasteiger partial charge in [0.1, 0.15) is 0 Å². The van der Waals surface area contributed by atoms with E-state index < -0.39 is 0 Å². The largest absolute Gasteiger partial charge is 0.356 e. The van der Waals surface area contributed by atoms with Crippen molar-refractivity contribution in [3.05, 3.63) is 37.4 Å². The zero-order valence-electron chi connectivity index (χ0n) is 12.4. The molecule has 0 radical (unpaired) electrons. The van der Waals surface area contributed by atoms with E-state index in [2.05, 4.69) is 31.6 Å². The maximum Gasteiger partial charge on any atom is 0.193 e. The molecule has 0 spiro atoms. The number of rotatable bonds is 5. The second-order valence-electron chi connectivity index (χ2n) is 4.64. The lowest BCUT2D eigenvalue weighted by atomic mass is 10.3. The minimum Gasteiger partial charge on any atom is -0.356 e. The first-order valence-corrected chi connectivity index (χ1v) is 8.73. The highest BCUT2D eigenvalue weighted by atomic mass is 35.5. The van der Waals surface area contributed by atoms with E-state index in [0.717, 1.165) is 40.5 Å². The third-order valence-electron chi connectivity index (χ3n) is 2.92. The number of thiophene rings is 1. The van der Waals surface area contributed by atoms with Gasteiger partial charge in [-0.3, -0.25) is 4.99 Å². The number of halogens is 1. The summed E-state index contributed by atoms with van der Waals surface area (Å²) in [6.07, 6.45) is 0.944. The Morgan fingerprint density at radius 2 is 2.29 bits per heavy atom. The van der Waals surface area contributed by atoms with Gasteiger partial charge in [0.15, 0.2) is 5.96 Å². The van der Waals surface area contributed by atoms with Crippen LogP contribution in [0.4, 0.5) is 0 Å². The molecule has 0 aromatic carbocycles. The molecular formula is C14H19ClN4S2. The molecule has 1 N–H and O–H groups in total. The first-order chi connectivity index (χ1) is 10.1. The molecule has 0 aliphatic heterocycles. The molecule has 4 nitrogen and oxygen atoms in total. The van der Waals surface area contributed by atoms with Crippen LogP contribution in [0, 0.1) is 6.92 Å². The lowest BCUT2D eigenvalue weighted by Gasteiger charge is -2.21. The highest BCUT2D eigenvalue weighted by Gasteiger charge is 2.08. The summed E-state index contributed by atoms with van der Waals surface area (Å²) < 4.78 is 0.838. The predicted octanol–water partition coefficient (Wildman–Crippen LogP) is 3.42. The number of aryl methyl sites for hydroxylation is 1. The van der Waals surface area contributed by atoms with Crippen molar-refractivity contribution in [1.82, 2.24) is 15.2 Å². The third kappa shape index (κ3) is 4.98. The first kappa shape index (κ1) is 16.3. The highest BCUT2D eigenvalue weighted by molar-refractivity contribution is 7.16. The molecule has 21 heavy (non-hydrogen) atoms. The second-order valence-corrected chi connectivity index (χ2v) is 7.51. The van der Waals surface area contributed by atoms with Gasteiger partial charge in [0.25, 0.3) is 0 Å². The normalized spacial score (nSPS) is 11.7. The van der Waals surface area contributed by atoms with Crippen LogP contribution in [0.25, 0.3) is 0 Å². The van der Waals surface area contributed by atoms with Gasteiger partial charge in [-0.2, -0.15) is 0 Å². The van der Waals surface area contributed by atoms with Crippen molar-refractivity contribution in [2.24, 2.45) is 4.99 Å². The van der Waals surface area contributed by atoms with Crippen LogP contribution in [0.1, 0.15) is 15.6 Å². The summed E-state index contributed by atoms with van der Waals surface area (Å²) in [6.45, 7) is 3.62. The SMILES string of the molecule is CN=C(NCCc1ccc(Cl)s1)N(C)Cc1csc(C)n1. The lowest BCUT2D eigenvalue weighted by molar-refractivity contribution is 0.471. The molecule has 0 amide bonds. The Hall–Kier alpha value is -1.11. The number of thiazole rings is 1. The van der Waals surface area contributed by atoms with Gasteiger partial charge >= 0.3 is 0 Å². The van der Waals surface area contributed by atoms with Crippen LogP contribution in [0.15, 0.2) is 22.5 Å². The molecule has 0 atom stereocenters. The van der Waals surface area contributed by atoms with Crippen LogP contribution in [0.3, 0.4) is 0 Å². The second kappa shape index (κ2) is 7.77. The van der Waals surface area contributed by atoms with Crippen molar-refractivity contribution in [3.63, 3.8) is 0 Å². The van der Waals surface area contributed by atoms with E-state index in [-0.39, 0.29) is 0 Å². The summed E-state index contributed by atoms with van der Waals surface area (Å²) in [7, 11) is 3.82. The maximum absolute atomic E-state index is 5.93. The average Bonchev–Trinajstić information content (AvgIpc) is 3.03. The number of aromatic nitrogens is 1. The molecule has 0 bridgehead atoms. The van der Waals surface area contributed by atoms with Gasteiger partial charge in [-0.05, 0) is 25.5 Å². The number of aliphatic imine (C=N–C) groups is 1. The van der Waals surface area contributed by atoms with Crippen LogP contribution >= 0.6 is 34.3 Å². The summed E-state index contributed by atoms with van der Waals surface area (Å²) in [4.78, 5) is 12.1. The summed E-state index contributed by atoms with van der Waals surface area (Å²) in [5, 5.41) is 6.55. The smallest absolute Gasteiger partial charge is 0.193 e. The Kier molecular flexibility index (Phi) is 6.02. The molecule has 0 fully saturated rings. The van der Waals surface area contributed by atoms with E-state index in [4.69, 9.17) is 11.6 Å². The Morgan fingerprint density at radius 1 is 1.48 bits per heavy atom. The van der Waals surface area contributed by atoms with Gasteiger partial charge in [-0.1, -0.05) is 11.6 Å². The fourth-order valence-electron chi connectivity index (χ4n) is 1.97. The number of hydrogen-bond acceptors (Lipinski definition) is 4. The summed E-state index contributed by atoms with van der Waals surface area (Å²) in [6, 6.07) is 4.01. The van der Waals surface area contributed by atoms with E-state index in [1.54, 1.807) is 29.7 Å². The fraction of sp³-hybridized carbons (Fsp3) is 0.429. The van der Waals surface area contributed by atoms with Crippen molar-refractivity contribution in [2.75, 3.05) is 20.6 Å². The molecule has 0 aliphatic rings. The van der Waals surface area contributed by atoms with Crippen LogP contribution < -0.4 is 5.32 Å². The van der Waals surface area contributed by atoms with E-state index >= 15 is 0 Å². The highest BCUT2D eigenvalue weighted by Crippen LogP contribution is 2.21. The molecule has 2 aromatic heterocycles. The molecule has 2 heterocycles. The van der Waals surface area contributed by atoms with Crippen LogP contribution in [0.5, 0.6) is 0 Å². The number of guanidine groups is 1. The molecule has 0 saturated heterocycles. The van der Waals surface area contributed by atoms with Gasteiger partial charge in [-0.15, -0.1) is 22.7 Å². The summed E-state index contributed by atoms with van der Waals surface area (Å²) >= 11 is 9.23. The minimum atomic E-state index is 0.759. The maximum atomic E-state index is 5.93. The third-order valence-corrected chi connectivity index (χ3v) is 5.04. The Labute approximate surface area is 138 Å². The van der Waals surface area contributed by atoms with E-state index in [0.29, 0.717) is 0 Å². The summed E-state index contributed by atoms with van der Waals surface area (Å²) in [5.41, 5.74) is 1.08. The van der Waals surface area contributed by atoms with E-state index in [9.17, 15) is 0 Å². The molecule has 2 aromatic rings. The standard InChI is InChI=1S/C14H19ClN4S2/c1-10-18-11(9-20-10)8-19(3)14(16-2)17-7-6-12-4-5-13(15)21-12/h4-5,9H,6-8H2,1-3H3,(H,16,17). The quantitative estimate of drug-likeness (QED) is 0.668. The molecule has 0 aliphatic carbocycles. The molecule has 0 unspecified atom stereocenters. The zero-order valence-corrected chi connectivity index (χ0v) is 14.8. The Balaban J connectivity index is 1.82. The minimum absolute atomic E-state index is 0.759. The van der Waals surface area contributed by atoms with Gasteiger partial charge in [0.2, 0.25) is 0 Å². The molecule has 7 heteroatoms. The lowest BCUT2D eigenvalue weighted by Crippen LogP contribution is -2.39. The molecular weight excluding hydrogens is 324 g/mol.